The van der Waals surface area contributed by atoms with E-state index in [1.807, 2.05) is 37.3 Å². The number of fused-ring (bicyclic) bond motifs is 1. The quantitative estimate of drug-likeness (QED) is 0.803. The molecule has 4 nitrogen and oxygen atoms in total. The van der Waals surface area contributed by atoms with E-state index >= 15 is 0 Å². The lowest BCUT2D eigenvalue weighted by Crippen LogP contribution is -2.33. The molecule has 2 aromatic rings. The molecule has 3 atom stereocenters. The molecule has 124 valence electrons. The monoisotopic (exact) mass is 341 g/mol. The summed E-state index contributed by atoms with van der Waals surface area (Å²) in [6.45, 7) is 2.61. The highest BCUT2D eigenvalue weighted by Gasteiger charge is 2.70. The number of carbonyl (C=O) groups is 1. The fraction of sp³-hybridized carbons (Fsp3) is 0.316. The second-order valence-corrected chi connectivity index (χ2v) is 8.77. The topological polar surface area (TPSA) is 54.5 Å². The van der Waals surface area contributed by atoms with Gasteiger partial charge in [0.15, 0.2) is 0 Å². The molecule has 24 heavy (non-hydrogen) atoms. The van der Waals surface area contributed by atoms with Crippen molar-refractivity contribution in [3.05, 3.63) is 65.7 Å². The number of aldehydes is 1. The van der Waals surface area contributed by atoms with E-state index in [2.05, 4.69) is 0 Å². The van der Waals surface area contributed by atoms with Crippen LogP contribution in [0.2, 0.25) is 0 Å². The normalized spacial score (nSPS) is 29.2. The van der Waals surface area contributed by atoms with E-state index in [1.54, 1.807) is 24.3 Å². The van der Waals surface area contributed by atoms with E-state index in [9.17, 15) is 13.2 Å². The third kappa shape index (κ3) is 2.15. The largest absolute Gasteiger partial charge is 0.303 e. The SMILES string of the molecule is Cc1ccc(S(=O)(=O)N2C[C@H]3[C@H](c4ccccc4)[C@@]3(C=O)C2)cc1. The highest BCUT2D eigenvalue weighted by atomic mass is 32.2. The van der Waals surface area contributed by atoms with Crippen LogP contribution in [0.4, 0.5) is 0 Å². The summed E-state index contributed by atoms with van der Waals surface area (Å²) in [5.41, 5.74) is 1.59. The Morgan fingerprint density at radius 1 is 1.08 bits per heavy atom. The van der Waals surface area contributed by atoms with Gasteiger partial charge >= 0.3 is 0 Å². The van der Waals surface area contributed by atoms with Crippen LogP contribution in [-0.2, 0) is 14.8 Å². The third-order valence-electron chi connectivity index (χ3n) is 5.45. The maximum absolute atomic E-state index is 12.8. The Kier molecular flexibility index (Phi) is 3.41. The maximum Gasteiger partial charge on any atom is 0.243 e. The van der Waals surface area contributed by atoms with Crippen molar-refractivity contribution in [2.45, 2.75) is 17.7 Å². The Balaban J connectivity index is 1.60. The zero-order chi connectivity index (χ0) is 16.9. The molecule has 0 spiro atoms. The smallest absolute Gasteiger partial charge is 0.243 e. The summed E-state index contributed by atoms with van der Waals surface area (Å²) in [6, 6.07) is 16.8. The zero-order valence-electron chi connectivity index (χ0n) is 13.4. The van der Waals surface area contributed by atoms with Crippen molar-refractivity contribution >= 4 is 16.3 Å². The van der Waals surface area contributed by atoms with Gasteiger partial charge in [0.1, 0.15) is 6.29 Å². The van der Waals surface area contributed by atoms with Gasteiger partial charge in [-0.1, -0.05) is 48.0 Å². The number of sulfonamides is 1. The van der Waals surface area contributed by atoms with E-state index < -0.39 is 15.4 Å². The van der Waals surface area contributed by atoms with Crippen LogP contribution < -0.4 is 0 Å². The van der Waals surface area contributed by atoms with Crippen molar-refractivity contribution in [3.8, 4) is 0 Å². The lowest BCUT2D eigenvalue weighted by molar-refractivity contribution is -0.112. The molecule has 0 unspecified atom stereocenters. The first-order valence-corrected chi connectivity index (χ1v) is 9.51. The molecule has 0 N–H and O–H groups in total. The van der Waals surface area contributed by atoms with Crippen LogP contribution in [0.1, 0.15) is 17.0 Å². The van der Waals surface area contributed by atoms with Crippen LogP contribution in [0.3, 0.4) is 0 Å². The van der Waals surface area contributed by atoms with Gasteiger partial charge in [-0.2, -0.15) is 4.31 Å². The van der Waals surface area contributed by atoms with Gasteiger partial charge in [-0.05, 0) is 30.5 Å². The number of nitrogens with zero attached hydrogens (tertiary/aromatic N) is 1. The molecule has 1 saturated carbocycles. The molecule has 4 rings (SSSR count). The average molecular weight is 341 g/mol. The third-order valence-corrected chi connectivity index (χ3v) is 7.28. The number of benzene rings is 2. The second kappa shape index (κ2) is 5.26. The molecule has 2 aliphatic rings. The summed E-state index contributed by atoms with van der Waals surface area (Å²) in [6.07, 6.45) is 0.972. The van der Waals surface area contributed by atoms with E-state index in [1.165, 1.54) is 4.31 Å². The molecule has 5 heteroatoms. The Hall–Kier alpha value is -1.98. The summed E-state index contributed by atoms with van der Waals surface area (Å²) in [7, 11) is -3.54. The molecule has 0 bridgehead atoms. The highest BCUT2D eigenvalue weighted by Crippen LogP contribution is 2.67. The highest BCUT2D eigenvalue weighted by molar-refractivity contribution is 7.89. The van der Waals surface area contributed by atoms with Crippen LogP contribution in [0.25, 0.3) is 0 Å². The summed E-state index contributed by atoms with van der Waals surface area (Å²) in [4.78, 5) is 12.1. The summed E-state index contributed by atoms with van der Waals surface area (Å²) in [5.74, 6) is 0.221. The van der Waals surface area contributed by atoms with E-state index in [4.69, 9.17) is 0 Å². The fourth-order valence-electron chi connectivity index (χ4n) is 4.06. The lowest BCUT2D eigenvalue weighted by Gasteiger charge is -2.21. The first-order valence-electron chi connectivity index (χ1n) is 8.07. The van der Waals surface area contributed by atoms with Crippen molar-refractivity contribution in [2.24, 2.45) is 11.3 Å². The summed E-state index contributed by atoms with van der Waals surface area (Å²) in [5, 5.41) is 0. The van der Waals surface area contributed by atoms with Gasteiger partial charge in [0, 0.05) is 19.0 Å². The molecule has 2 fully saturated rings. The molecule has 1 aliphatic heterocycles. The predicted octanol–water partition coefficient (Wildman–Crippen LogP) is 2.60. The lowest BCUT2D eigenvalue weighted by atomic mass is 10.0. The van der Waals surface area contributed by atoms with Crippen LogP contribution in [0, 0.1) is 18.3 Å². The van der Waals surface area contributed by atoms with Crippen molar-refractivity contribution < 1.29 is 13.2 Å². The van der Waals surface area contributed by atoms with Crippen LogP contribution in [0.15, 0.2) is 59.5 Å². The second-order valence-electron chi connectivity index (χ2n) is 6.84. The first-order chi connectivity index (χ1) is 11.5. The van der Waals surface area contributed by atoms with Gasteiger partial charge < -0.3 is 4.79 Å². The van der Waals surface area contributed by atoms with Gasteiger partial charge in [-0.15, -0.1) is 0 Å². The van der Waals surface area contributed by atoms with Gasteiger partial charge in [-0.25, -0.2) is 8.42 Å². The van der Waals surface area contributed by atoms with Crippen LogP contribution in [0.5, 0.6) is 0 Å². The predicted molar refractivity (Wildman–Crippen MR) is 91.1 cm³/mol. The number of rotatable bonds is 4. The molecule has 1 aliphatic carbocycles. The van der Waals surface area contributed by atoms with Crippen molar-refractivity contribution in [2.75, 3.05) is 13.1 Å². The molecule has 1 heterocycles. The Labute approximate surface area is 142 Å². The summed E-state index contributed by atoms with van der Waals surface area (Å²) < 4.78 is 27.1. The average Bonchev–Trinajstić information content (AvgIpc) is 3.04. The maximum atomic E-state index is 12.8. The molecular formula is C19H19NO3S. The van der Waals surface area contributed by atoms with Gasteiger partial charge in [0.05, 0.1) is 10.3 Å². The van der Waals surface area contributed by atoms with Crippen molar-refractivity contribution in [1.82, 2.24) is 4.31 Å². The van der Waals surface area contributed by atoms with Gasteiger partial charge in [-0.3, -0.25) is 0 Å². The molecule has 2 aromatic carbocycles. The van der Waals surface area contributed by atoms with E-state index in [0.717, 1.165) is 17.4 Å². The van der Waals surface area contributed by atoms with Gasteiger partial charge in [0.25, 0.3) is 0 Å². The van der Waals surface area contributed by atoms with E-state index in [0.29, 0.717) is 11.4 Å². The molecule has 1 saturated heterocycles. The van der Waals surface area contributed by atoms with Gasteiger partial charge in [0.2, 0.25) is 10.0 Å². The Bertz CT molecular complexity index is 877. The minimum atomic E-state index is -3.54. The number of hydrogen-bond acceptors (Lipinski definition) is 3. The Morgan fingerprint density at radius 2 is 1.75 bits per heavy atom. The minimum Gasteiger partial charge on any atom is -0.303 e. The molecular weight excluding hydrogens is 322 g/mol. The fourth-order valence-corrected chi connectivity index (χ4v) is 5.59. The minimum absolute atomic E-state index is 0.0811. The Morgan fingerprint density at radius 3 is 2.33 bits per heavy atom. The standard InChI is InChI=1S/C19H19NO3S/c1-14-7-9-16(10-8-14)24(22,23)20-11-17-18(19(17,12-20)13-21)15-5-3-2-4-6-15/h2-10,13,17-18H,11-12H2,1H3/t17-,18-,19+/m0/s1. The summed E-state index contributed by atoms with van der Waals surface area (Å²) >= 11 is 0. The zero-order valence-corrected chi connectivity index (χ0v) is 14.2. The van der Waals surface area contributed by atoms with Crippen LogP contribution in [-0.4, -0.2) is 32.1 Å². The van der Waals surface area contributed by atoms with E-state index in [-0.39, 0.29) is 18.4 Å². The molecule has 0 amide bonds. The number of carbonyl (C=O) groups excluding carboxylic acids is 1. The molecule has 0 aromatic heterocycles. The molecule has 0 radical (unpaired) electrons. The van der Waals surface area contributed by atoms with Crippen LogP contribution >= 0.6 is 0 Å². The number of piperidine rings is 1. The van der Waals surface area contributed by atoms with Crippen molar-refractivity contribution in [1.29, 1.82) is 0 Å². The number of aryl methyl sites for hydroxylation is 1. The first kappa shape index (κ1) is 15.5. The number of hydrogen-bond donors (Lipinski definition) is 0. The van der Waals surface area contributed by atoms with Crippen molar-refractivity contribution in [3.63, 3.8) is 0 Å².